The molecule has 0 aromatic heterocycles. The Hall–Kier alpha value is -0.830. The second-order valence-electron chi connectivity index (χ2n) is 5.19. The standard InChI is InChI=1S/C17H32O3/c1-2-3-4-5-6-7-8-9-10-11-12-13-14-17(19)20-16-15-18/h3-4,18H,2,5-16H2,1H3. The molecule has 0 aromatic rings. The molecule has 0 atom stereocenters. The number of rotatable bonds is 14. The highest BCUT2D eigenvalue weighted by Crippen LogP contribution is 2.11. The fourth-order valence-electron chi connectivity index (χ4n) is 2.11. The molecule has 20 heavy (non-hydrogen) atoms. The number of ether oxygens (including phenoxy) is 1. The Labute approximate surface area is 124 Å². The van der Waals surface area contributed by atoms with E-state index in [-0.39, 0.29) is 19.2 Å². The fourth-order valence-corrected chi connectivity index (χ4v) is 2.11. The maximum Gasteiger partial charge on any atom is 0.305 e. The molecule has 0 bridgehead atoms. The zero-order valence-electron chi connectivity index (χ0n) is 13.1. The number of hydrogen-bond acceptors (Lipinski definition) is 3. The Morgan fingerprint density at radius 2 is 1.55 bits per heavy atom. The highest BCUT2D eigenvalue weighted by atomic mass is 16.5. The largest absolute Gasteiger partial charge is 0.463 e. The summed E-state index contributed by atoms with van der Waals surface area (Å²) in [6.45, 7) is 2.22. The smallest absolute Gasteiger partial charge is 0.305 e. The normalized spacial score (nSPS) is 11.1. The molecule has 0 radical (unpaired) electrons. The number of hydrogen-bond donors (Lipinski definition) is 1. The number of allylic oxidation sites excluding steroid dienone is 2. The maximum atomic E-state index is 11.1. The number of carbonyl (C=O) groups is 1. The first-order chi connectivity index (χ1) is 9.81. The molecule has 1 N–H and O–H groups in total. The van der Waals surface area contributed by atoms with Gasteiger partial charge in [0.15, 0.2) is 0 Å². The van der Waals surface area contributed by atoms with Gasteiger partial charge in [-0.15, -0.1) is 0 Å². The van der Waals surface area contributed by atoms with Crippen LogP contribution in [0, 0.1) is 0 Å². The van der Waals surface area contributed by atoms with Gasteiger partial charge in [0.05, 0.1) is 6.61 Å². The van der Waals surface area contributed by atoms with Gasteiger partial charge in [0.1, 0.15) is 6.61 Å². The zero-order valence-corrected chi connectivity index (χ0v) is 13.1. The molecule has 0 saturated carbocycles. The van der Waals surface area contributed by atoms with Crippen molar-refractivity contribution in [3.05, 3.63) is 12.2 Å². The fraction of sp³-hybridized carbons (Fsp3) is 0.824. The summed E-state index contributed by atoms with van der Waals surface area (Å²) in [4.78, 5) is 11.1. The van der Waals surface area contributed by atoms with Gasteiger partial charge >= 0.3 is 5.97 Å². The predicted octanol–water partition coefficient (Wildman–Crippen LogP) is 4.39. The van der Waals surface area contributed by atoms with Crippen LogP contribution in [-0.4, -0.2) is 24.3 Å². The highest BCUT2D eigenvalue weighted by molar-refractivity contribution is 5.69. The van der Waals surface area contributed by atoms with Crippen LogP contribution in [0.15, 0.2) is 12.2 Å². The van der Waals surface area contributed by atoms with Crippen LogP contribution >= 0.6 is 0 Å². The third-order valence-corrected chi connectivity index (χ3v) is 3.26. The summed E-state index contributed by atoms with van der Waals surface area (Å²) in [5.41, 5.74) is 0. The summed E-state index contributed by atoms with van der Waals surface area (Å²) >= 11 is 0. The minimum absolute atomic E-state index is 0.0834. The summed E-state index contributed by atoms with van der Waals surface area (Å²) in [7, 11) is 0. The third kappa shape index (κ3) is 15.2. The molecule has 0 fully saturated rings. The molecule has 0 aliphatic heterocycles. The lowest BCUT2D eigenvalue weighted by Crippen LogP contribution is -2.07. The second kappa shape index (κ2) is 16.2. The van der Waals surface area contributed by atoms with Gasteiger partial charge in [0.2, 0.25) is 0 Å². The van der Waals surface area contributed by atoms with Crippen LogP contribution in [0.5, 0.6) is 0 Å². The second-order valence-corrected chi connectivity index (χ2v) is 5.19. The predicted molar refractivity (Wildman–Crippen MR) is 83.6 cm³/mol. The molecule has 0 aliphatic rings. The van der Waals surface area contributed by atoms with Gasteiger partial charge in [-0.25, -0.2) is 0 Å². The van der Waals surface area contributed by atoms with E-state index in [0.717, 1.165) is 19.3 Å². The Morgan fingerprint density at radius 3 is 2.15 bits per heavy atom. The van der Waals surface area contributed by atoms with Gasteiger partial charge in [-0.05, 0) is 25.7 Å². The van der Waals surface area contributed by atoms with Crippen molar-refractivity contribution in [2.45, 2.75) is 77.6 Å². The van der Waals surface area contributed by atoms with Crippen LogP contribution in [0.4, 0.5) is 0 Å². The monoisotopic (exact) mass is 284 g/mol. The summed E-state index contributed by atoms with van der Waals surface area (Å²) in [5.74, 6) is -0.181. The van der Waals surface area contributed by atoms with E-state index in [1.54, 1.807) is 0 Å². The van der Waals surface area contributed by atoms with Gasteiger partial charge in [-0.3, -0.25) is 4.79 Å². The van der Waals surface area contributed by atoms with Crippen LogP contribution in [0.2, 0.25) is 0 Å². The van der Waals surface area contributed by atoms with Crippen molar-refractivity contribution in [2.75, 3.05) is 13.2 Å². The van der Waals surface area contributed by atoms with Crippen LogP contribution in [0.1, 0.15) is 77.6 Å². The number of unbranched alkanes of at least 4 members (excludes halogenated alkanes) is 8. The Bertz CT molecular complexity index is 236. The third-order valence-electron chi connectivity index (χ3n) is 3.26. The Kier molecular flexibility index (Phi) is 15.6. The lowest BCUT2D eigenvalue weighted by molar-refractivity contribution is -0.144. The molecule has 0 heterocycles. The minimum atomic E-state index is -0.181. The van der Waals surface area contributed by atoms with E-state index in [1.165, 1.54) is 44.9 Å². The van der Waals surface area contributed by atoms with E-state index in [2.05, 4.69) is 19.1 Å². The van der Waals surface area contributed by atoms with E-state index in [1.807, 2.05) is 0 Å². The van der Waals surface area contributed by atoms with Gasteiger partial charge < -0.3 is 9.84 Å². The summed E-state index contributed by atoms with van der Waals surface area (Å²) in [6, 6.07) is 0. The Balaban J connectivity index is 3.09. The van der Waals surface area contributed by atoms with Crippen molar-refractivity contribution in [2.24, 2.45) is 0 Å². The lowest BCUT2D eigenvalue weighted by atomic mass is 10.1. The van der Waals surface area contributed by atoms with Crippen LogP contribution in [0.3, 0.4) is 0 Å². The van der Waals surface area contributed by atoms with Gasteiger partial charge in [0, 0.05) is 6.42 Å². The molecule has 0 rings (SSSR count). The van der Waals surface area contributed by atoms with Gasteiger partial charge in [0.25, 0.3) is 0 Å². The average Bonchev–Trinajstić information content (AvgIpc) is 2.46. The summed E-state index contributed by atoms with van der Waals surface area (Å²) in [5, 5.41) is 8.51. The Morgan fingerprint density at radius 1 is 0.950 bits per heavy atom. The minimum Gasteiger partial charge on any atom is -0.463 e. The van der Waals surface area contributed by atoms with E-state index in [9.17, 15) is 4.79 Å². The van der Waals surface area contributed by atoms with Crippen LogP contribution < -0.4 is 0 Å². The molecular formula is C17H32O3. The van der Waals surface area contributed by atoms with Crippen molar-refractivity contribution in [1.82, 2.24) is 0 Å². The molecule has 0 unspecified atom stereocenters. The number of aliphatic hydroxyl groups is 1. The number of esters is 1. The first-order valence-corrected chi connectivity index (χ1v) is 8.22. The van der Waals surface area contributed by atoms with Crippen molar-refractivity contribution in [1.29, 1.82) is 0 Å². The van der Waals surface area contributed by atoms with Crippen molar-refractivity contribution in [3.63, 3.8) is 0 Å². The van der Waals surface area contributed by atoms with Crippen LogP contribution in [-0.2, 0) is 9.53 Å². The molecular weight excluding hydrogens is 252 g/mol. The topological polar surface area (TPSA) is 46.5 Å². The summed E-state index contributed by atoms with van der Waals surface area (Å²) in [6.07, 6.45) is 17.2. The maximum absolute atomic E-state index is 11.1. The highest BCUT2D eigenvalue weighted by Gasteiger charge is 2.01. The zero-order chi connectivity index (χ0) is 14.9. The number of carbonyl (C=O) groups excluding carboxylic acids is 1. The molecule has 3 heteroatoms. The quantitative estimate of drug-likeness (QED) is 0.292. The molecule has 0 spiro atoms. The first-order valence-electron chi connectivity index (χ1n) is 8.22. The van der Waals surface area contributed by atoms with E-state index >= 15 is 0 Å². The van der Waals surface area contributed by atoms with Crippen molar-refractivity contribution >= 4 is 5.97 Å². The lowest BCUT2D eigenvalue weighted by Gasteiger charge is -2.03. The molecule has 118 valence electrons. The van der Waals surface area contributed by atoms with Crippen molar-refractivity contribution in [3.8, 4) is 0 Å². The summed E-state index contributed by atoms with van der Waals surface area (Å²) < 4.78 is 4.80. The molecule has 0 aliphatic carbocycles. The van der Waals surface area contributed by atoms with Gasteiger partial charge in [-0.2, -0.15) is 0 Å². The molecule has 0 aromatic carbocycles. The van der Waals surface area contributed by atoms with E-state index in [4.69, 9.17) is 9.84 Å². The average molecular weight is 284 g/mol. The first kappa shape index (κ1) is 19.2. The number of aliphatic hydroxyl groups excluding tert-OH is 1. The molecule has 3 nitrogen and oxygen atoms in total. The van der Waals surface area contributed by atoms with Crippen molar-refractivity contribution < 1.29 is 14.6 Å². The van der Waals surface area contributed by atoms with Crippen LogP contribution in [0.25, 0.3) is 0 Å². The van der Waals surface area contributed by atoms with E-state index in [0.29, 0.717) is 6.42 Å². The molecule has 0 saturated heterocycles. The SMILES string of the molecule is CCC=CCCCCCCCCCCC(=O)OCCO. The van der Waals surface area contributed by atoms with Gasteiger partial charge in [-0.1, -0.05) is 57.6 Å². The molecule has 0 amide bonds. The van der Waals surface area contributed by atoms with E-state index < -0.39 is 0 Å².